The molecule has 2 aromatic rings. The molecule has 1 heterocycles. The first kappa shape index (κ1) is 27.9. The monoisotopic (exact) mass is 555 g/mol. The second-order valence-electron chi connectivity index (χ2n) is 11.9. The topological polar surface area (TPSA) is 73.2 Å². The first-order valence-corrected chi connectivity index (χ1v) is 13.0. The van der Waals surface area contributed by atoms with Gasteiger partial charge < -0.3 is 14.9 Å². The standard InChI is InChI=1S/C29H38BrN3O3/c1-28(2,3)21-14-19(15-22(25(21)35)29(4,5)6)23(34)17-33-16-20(27(36)32(7)8)24(26(33)31-30)18-12-10-9-11-13-18/h9-15,20,24,35H,16-17H2,1-8H3/t20-,24+/m0/s1. The first-order valence-electron chi connectivity index (χ1n) is 12.3. The van der Waals surface area contributed by atoms with Gasteiger partial charge in [0, 0.05) is 37.3 Å². The number of Topliss-reactive ketones (excluding diaryl/α,β-unsaturated/α-hetero) is 1. The van der Waals surface area contributed by atoms with Crippen LogP contribution in [0.25, 0.3) is 0 Å². The van der Waals surface area contributed by atoms with E-state index in [-0.39, 0.29) is 46.7 Å². The van der Waals surface area contributed by atoms with Gasteiger partial charge in [-0.15, -0.1) is 0 Å². The highest BCUT2D eigenvalue weighted by molar-refractivity contribution is 9.08. The summed E-state index contributed by atoms with van der Waals surface area (Å²) in [5, 5.41) is 11.1. The molecule has 1 N–H and O–H groups in total. The highest BCUT2D eigenvalue weighted by Crippen LogP contribution is 2.40. The highest BCUT2D eigenvalue weighted by Gasteiger charge is 2.44. The minimum absolute atomic E-state index is 0.00197. The van der Waals surface area contributed by atoms with Crippen LogP contribution in [0.1, 0.15) is 74.5 Å². The van der Waals surface area contributed by atoms with Crippen LogP contribution in [0.4, 0.5) is 0 Å². The molecule has 1 aliphatic heterocycles. The SMILES string of the molecule is CN(C)C(=O)[C@H]1CN(CC(=O)c2cc(C(C)(C)C)c(O)c(C(C)(C)C)c2)C(=NBr)[C@@H]1c1ccccc1. The molecular formula is C29H38BrN3O3. The summed E-state index contributed by atoms with van der Waals surface area (Å²) in [5.41, 5.74) is 2.36. The van der Waals surface area contributed by atoms with E-state index in [1.54, 1.807) is 19.0 Å². The van der Waals surface area contributed by atoms with Gasteiger partial charge in [-0.05, 0) is 28.5 Å². The Morgan fingerprint density at radius 3 is 2.00 bits per heavy atom. The molecule has 1 fully saturated rings. The molecule has 0 saturated carbocycles. The Labute approximate surface area is 223 Å². The number of likely N-dealkylation sites (tertiary alicyclic amines) is 1. The van der Waals surface area contributed by atoms with Crippen molar-refractivity contribution in [1.29, 1.82) is 0 Å². The normalized spacial score (nSPS) is 19.6. The molecule has 0 bridgehead atoms. The molecule has 7 heteroatoms. The van der Waals surface area contributed by atoms with Crippen molar-refractivity contribution in [3.05, 3.63) is 64.7 Å². The largest absolute Gasteiger partial charge is 0.507 e. The van der Waals surface area contributed by atoms with E-state index < -0.39 is 0 Å². The van der Waals surface area contributed by atoms with E-state index in [2.05, 4.69) is 20.2 Å². The van der Waals surface area contributed by atoms with Gasteiger partial charge in [0.15, 0.2) is 5.78 Å². The van der Waals surface area contributed by atoms with Gasteiger partial charge in [0.1, 0.15) is 11.6 Å². The Hall–Kier alpha value is -2.67. The number of ketones is 1. The number of phenolic OH excluding ortho intramolecular Hbond substituents is 1. The fourth-order valence-corrected chi connectivity index (χ4v) is 5.31. The van der Waals surface area contributed by atoms with E-state index in [1.165, 1.54) is 0 Å². The molecule has 194 valence electrons. The van der Waals surface area contributed by atoms with E-state index >= 15 is 0 Å². The maximum Gasteiger partial charge on any atom is 0.228 e. The molecule has 1 saturated heterocycles. The zero-order chi connectivity index (χ0) is 27.0. The summed E-state index contributed by atoms with van der Waals surface area (Å²) in [5.74, 6) is 0.216. The Balaban J connectivity index is 2.02. The van der Waals surface area contributed by atoms with Crippen molar-refractivity contribution in [2.24, 2.45) is 9.94 Å². The molecule has 0 radical (unpaired) electrons. The Morgan fingerprint density at radius 2 is 1.56 bits per heavy atom. The lowest BCUT2D eigenvalue weighted by Crippen LogP contribution is -2.34. The minimum atomic E-state index is -0.360. The molecule has 0 unspecified atom stereocenters. The van der Waals surface area contributed by atoms with Gasteiger partial charge in [-0.25, -0.2) is 0 Å². The van der Waals surface area contributed by atoms with Gasteiger partial charge in [-0.2, -0.15) is 4.02 Å². The zero-order valence-corrected chi connectivity index (χ0v) is 24.2. The van der Waals surface area contributed by atoms with Crippen LogP contribution < -0.4 is 0 Å². The predicted octanol–water partition coefficient (Wildman–Crippen LogP) is 5.68. The number of phenols is 1. The van der Waals surface area contributed by atoms with E-state index in [1.807, 2.05) is 88.9 Å². The summed E-state index contributed by atoms with van der Waals surface area (Å²) >= 11 is 3.28. The van der Waals surface area contributed by atoms with Gasteiger partial charge in [-0.1, -0.05) is 71.9 Å². The number of hydrogen-bond donors (Lipinski definition) is 1. The quantitative estimate of drug-likeness (QED) is 0.481. The Bertz CT molecular complexity index is 1130. The minimum Gasteiger partial charge on any atom is -0.507 e. The third kappa shape index (κ3) is 5.66. The van der Waals surface area contributed by atoms with Crippen molar-refractivity contribution < 1.29 is 14.7 Å². The number of carbonyl (C=O) groups is 2. The fraction of sp³-hybridized carbons (Fsp3) is 0.483. The van der Waals surface area contributed by atoms with Crippen LogP contribution in [0.3, 0.4) is 0 Å². The van der Waals surface area contributed by atoms with E-state index in [4.69, 9.17) is 0 Å². The maximum absolute atomic E-state index is 13.7. The van der Waals surface area contributed by atoms with E-state index in [0.717, 1.165) is 16.7 Å². The number of carbonyl (C=O) groups excluding carboxylic acids is 2. The molecule has 2 atom stereocenters. The highest BCUT2D eigenvalue weighted by atomic mass is 79.9. The van der Waals surface area contributed by atoms with Crippen LogP contribution in [0, 0.1) is 5.92 Å². The van der Waals surface area contributed by atoms with Crippen LogP contribution >= 0.6 is 16.1 Å². The number of rotatable bonds is 5. The summed E-state index contributed by atoms with van der Waals surface area (Å²) in [7, 11) is 3.50. The van der Waals surface area contributed by atoms with Crippen LogP contribution in [-0.4, -0.2) is 59.6 Å². The number of hydrogen-bond acceptors (Lipinski definition) is 4. The molecule has 6 nitrogen and oxygen atoms in total. The summed E-state index contributed by atoms with van der Waals surface area (Å²) < 4.78 is 4.39. The molecule has 36 heavy (non-hydrogen) atoms. The van der Waals surface area contributed by atoms with Crippen molar-refractivity contribution in [3.8, 4) is 5.75 Å². The number of amides is 1. The molecule has 0 spiro atoms. The van der Waals surface area contributed by atoms with Crippen LogP contribution in [0.2, 0.25) is 0 Å². The zero-order valence-electron chi connectivity index (χ0n) is 22.6. The molecule has 2 aromatic carbocycles. The Morgan fingerprint density at radius 1 is 1.03 bits per heavy atom. The third-order valence-electron chi connectivity index (χ3n) is 6.81. The fourth-order valence-electron chi connectivity index (χ4n) is 4.86. The number of amidine groups is 1. The van der Waals surface area contributed by atoms with Gasteiger partial charge in [0.05, 0.1) is 34.5 Å². The van der Waals surface area contributed by atoms with Crippen molar-refractivity contribution in [2.45, 2.75) is 58.3 Å². The predicted molar refractivity (Wildman–Crippen MR) is 149 cm³/mol. The van der Waals surface area contributed by atoms with Crippen molar-refractivity contribution >= 4 is 33.7 Å². The van der Waals surface area contributed by atoms with E-state index in [9.17, 15) is 14.7 Å². The second kappa shape index (κ2) is 10.4. The lowest BCUT2D eigenvalue weighted by atomic mass is 9.78. The summed E-state index contributed by atoms with van der Waals surface area (Å²) in [6.45, 7) is 12.6. The lowest BCUT2D eigenvalue weighted by Gasteiger charge is -2.28. The molecule has 0 aliphatic carbocycles. The third-order valence-corrected chi connectivity index (χ3v) is 7.17. The molecule has 3 rings (SSSR count). The van der Waals surface area contributed by atoms with Gasteiger partial charge in [-0.3, -0.25) is 9.59 Å². The van der Waals surface area contributed by atoms with Gasteiger partial charge in [0.25, 0.3) is 0 Å². The second-order valence-corrected chi connectivity index (χ2v) is 12.2. The average Bonchev–Trinajstić information content (AvgIpc) is 3.15. The smallest absolute Gasteiger partial charge is 0.228 e. The number of halogens is 1. The first-order chi connectivity index (χ1) is 16.7. The van der Waals surface area contributed by atoms with Gasteiger partial charge in [0.2, 0.25) is 5.91 Å². The molecule has 1 amide bonds. The molecule has 0 aromatic heterocycles. The van der Waals surface area contributed by atoms with E-state index in [0.29, 0.717) is 17.9 Å². The van der Waals surface area contributed by atoms with Crippen molar-refractivity contribution in [3.63, 3.8) is 0 Å². The molecular weight excluding hydrogens is 518 g/mol. The Kier molecular flexibility index (Phi) is 8.04. The van der Waals surface area contributed by atoms with Crippen molar-refractivity contribution in [1.82, 2.24) is 9.80 Å². The lowest BCUT2D eigenvalue weighted by molar-refractivity contribution is -0.132. The van der Waals surface area contributed by atoms with Gasteiger partial charge >= 0.3 is 0 Å². The average molecular weight is 557 g/mol. The maximum atomic E-state index is 13.7. The molecule has 1 aliphatic rings. The number of aromatic hydroxyl groups is 1. The summed E-state index contributed by atoms with van der Waals surface area (Å²) in [6.07, 6.45) is 0. The number of benzene rings is 2. The van der Waals surface area contributed by atoms with Crippen LogP contribution in [0.15, 0.2) is 46.5 Å². The number of nitrogens with zero attached hydrogens (tertiary/aromatic N) is 3. The van der Waals surface area contributed by atoms with Crippen LogP contribution in [0.5, 0.6) is 5.75 Å². The van der Waals surface area contributed by atoms with Crippen LogP contribution in [-0.2, 0) is 15.6 Å². The summed E-state index contributed by atoms with van der Waals surface area (Å²) in [6, 6.07) is 13.5. The summed E-state index contributed by atoms with van der Waals surface area (Å²) in [4.78, 5) is 30.4. The van der Waals surface area contributed by atoms with Crippen molar-refractivity contribution in [2.75, 3.05) is 27.2 Å².